The molecule has 1 aromatic carbocycles. The number of ketones is 2. The van der Waals surface area contributed by atoms with Crippen LogP contribution in [0.25, 0.3) is 0 Å². The summed E-state index contributed by atoms with van der Waals surface area (Å²) in [5.41, 5.74) is 0.901. The fourth-order valence-electron chi connectivity index (χ4n) is 1.96. The number of amides is 1. The zero-order chi connectivity index (χ0) is 18.4. The van der Waals surface area contributed by atoms with Crippen molar-refractivity contribution >= 4 is 23.2 Å². The molecule has 2 N–H and O–H groups in total. The number of para-hydroxylation sites is 1. The Morgan fingerprint density at radius 1 is 1.21 bits per heavy atom. The minimum atomic E-state index is -0.575. The second kappa shape index (κ2) is 8.14. The van der Waals surface area contributed by atoms with E-state index in [1.54, 1.807) is 33.2 Å². The molecule has 130 valence electrons. The van der Waals surface area contributed by atoms with Crippen molar-refractivity contribution in [3.63, 3.8) is 0 Å². The summed E-state index contributed by atoms with van der Waals surface area (Å²) in [6, 6.07) is 4.73. The van der Waals surface area contributed by atoms with Crippen molar-refractivity contribution in [2.75, 3.05) is 26.5 Å². The Kier molecular flexibility index (Phi) is 6.52. The molecular weight excluding hydrogens is 312 g/mol. The number of nitrogens with zero attached hydrogens (tertiary/aromatic N) is 1. The molecule has 1 aromatic rings. The number of ether oxygens (including phenoxy) is 1. The molecule has 0 heterocycles. The highest BCUT2D eigenvalue weighted by atomic mass is 16.5. The highest BCUT2D eigenvalue weighted by molar-refractivity contribution is 6.36. The summed E-state index contributed by atoms with van der Waals surface area (Å²) in [6.45, 7) is 2.84. The van der Waals surface area contributed by atoms with Gasteiger partial charge in [0.2, 0.25) is 5.78 Å². The summed E-state index contributed by atoms with van der Waals surface area (Å²) < 4.78 is 5.15. The second-order valence-electron chi connectivity index (χ2n) is 5.43. The molecule has 7 heteroatoms. The lowest BCUT2D eigenvalue weighted by Gasteiger charge is -2.16. The first kappa shape index (κ1) is 19.2. The molecule has 0 atom stereocenters. The van der Waals surface area contributed by atoms with Gasteiger partial charge in [-0.05, 0) is 19.1 Å². The Morgan fingerprint density at radius 3 is 2.33 bits per heavy atom. The molecule has 7 nitrogen and oxygen atoms in total. The van der Waals surface area contributed by atoms with Crippen molar-refractivity contribution in [3.05, 3.63) is 35.2 Å². The predicted molar refractivity (Wildman–Crippen MR) is 89.8 cm³/mol. The minimum absolute atomic E-state index is 0.150. The Balaban J connectivity index is 3.13. The fourth-order valence-corrected chi connectivity index (χ4v) is 1.96. The van der Waals surface area contributed by atoms with E-state index < -0.39 is 11.6 Å². The molecule has 0 radical (unpaired) electrons. The second-order valence-corrected chi connectivity index (χ2v) is 5.43. The van der Waals surface area contributed by atoms with Crippen molar-refractivity contribution in [1.29, 1.82) is 0 Å². The smallest absolute Gasteiger partial charge is 0.257 e. The number of carbonyl (C=O) groups is 3. The van der Waals surface area contributed by atoms with E-state index >= 15 is 0 Å². The zero-order valence-electron chi connectivity index (χ0n) is 14.5. The monoisotopic (exact) mass is 334 g/mol. The average molecular weight is 334 g/mol. The van der Waals surface area contributed by atoms with E-state index in [9.17, 15) is 19.5 Å². The van der Waals surface area contributed by atoms with Crippen LogP contribution in [0.2, 0.25) is 0 Å². The summed E-state index contributed by atoms with van der Waals surface area (Å²) in [5, 5.41) is 13.2. The highest BCUT2D eigenvalue weighted by Gasteiger charge is 2.18. The van der Waals surface area contributed by atoms with E-state index in [1.165, 1.54) is 25.0 Å². The van der Waals surface area contributed by atoms with E-state index in [1.807, 2.05) is 0 Å². The summed E-state index contributed by atoms with van der Waals surface area (Å²) >= 11 is 0. The number of Topliss-reactive ketones (excluding diaryl/α,β-unsaturated/α-hetero) is 2. The Labute approximate surface area is 140 Å². The van der Waals surface area contributed by atoms with Gasteiger partial charge in [0, 0.05) is 21.0 Å². The number of rotatable bonds is 7. The third-order valence-electron chi connectivity index (χ3n) is 3.37. The van der Waals surface area contributed by atoms with Crippen molar-refractivity contribution in [2.45, 2.75) is 20.3 Å². The van der Waals surface area contributed by atoms with Gasteiger partial charge in [0.15, 0.2) is 11.5 Å². The molecule has 0 unspecified atom stereocenters. The van der Waals surface area contributed by atoms with Crippen LogP contribution in [0.4, 0.5) is 5.69 Å². The van der Waals surface area contributed by atoms with Crippen molar-refractivity contribution < 1.29 is 24.2 Å². The van der Waals surface area contributed by atoms with Crippen LogP contribution in [0.3, 0.4) is 0 Å². The van der Waals surface area contributed by atoms with Crippen LogP contribution < -0.4 is 5.32 Å². The summed E-state index contributed by atoms with van der Waals surface area (Å²) in [4.78, 5) is 36.0. The van der Waals surface area contributed by atoms with Crippen LogP contribution in [0.15, 0.2) is 29.7 Å². The molecule has 0 spiro atoms. The lowest BCUT2D eigenvalue weighted by molar-refractivity contribution is -0.135. The quantitative estimate of drug-likeness (QED) is 0.449. The summed E-state index contributed by atoms with van der Waals surface area (Å²) in [6.07, 6.45) is -0.179. The van der Waals surface area contributed by atoms with E-state index in [2.05, 4.69) is 5.32 Å². The maximum Gasteiger partial charge on any atom is 0.257 e. The van der Waals surface area contributed by atoms with E-state index in [0.29, 0.717) is 11.4 Å². The highest BCUT2D eigenvalue weighted by Crippen LogP contribution is 2.30. The van der Waals surface area contributed by atoms with E-state index in [0.717, 1.165) is 0 Å². The first-order valence-corrected chi connectivity index (χ1v) is 7.27. The zero-order valence-corrected chi connectivity index (χ0v) is 14.5. The number of hydrogen-bond donors (Lipinski definition) is 2. The standard InChI is InChI=1S/C17H22N2O5/c1-10(15(24-5)9-14(21)11(2)20)18-13-8-6-7-12(16(13)22)17(23)19(3)4/h6-8,18,22H,9H2,1-5H3/b15-10-. The molecule has 0 saturated carbocycles. The van der Waals surface area contributed by atoms with Gasteiger partial charge in [-0.1, -0.05) is 6.07 Å². The fraction of sp³-hybridized carbons (Fsp3) is 0.353. The normalized spacial score (nSPS) is 11.4. The molecule has 0 aliphatic rings. The number of anilines is 1. The first-order valence-electron chi connectivity index (χ1n) is 7.27. The van der Waals surface area contributed by atoms with Gasteiger partial charge in [-0.15, -0.1) is 0 Å². The number of hydrogen-bond acceptors (Lipinski definition) is 6. The molecule has 0 aromatic heterocycles. The summed E-state index contributed by atoms with van der Waals surface area (Å²) in [7, 11) is 4.56. The van der Waals surface area contributed by atoms with E-state index in [4.69, 9.17) is 4.74 Å². The van der Waals surface area contributed by atoms with E-state index in [-0.39, 0.29) is 29.4 Å². The van der Waals surface area contributed by atoms with Gasteiger partial charge in [0.05, 0.1) is 30.5 Å². The third-order valence-corrected chi connectivity index (χ3v) is 3.37. The maximum absolute atomic E-state index is 12.0. The SMILES string of the molecule is CO/C(CC(=O)C(C)=O)=C(/C)Nc1cccc(C(=O)N(C)C)c1O. The van der Waals surface area contributed by atoms with Gasteiger partial charge >= 0.3 is 0 Å². The largest absolute Gasteiger partial charge is 0.505 e. The van der Waals surface area contributed by atoms with Gasteiger partial charge in [-0.2, -0.15) is 0 Å². The van der Waals surface area contributed by atoms with Crippen molar-refractivity contribution in [2.24, 2.45) is 0 Å². The molecule has 1 rings (SSSR count). The number of phenols is 1. The van der Waals surface area contributed by atoms with Crippen LogP contribution in [0.5, 0.6) is 5.75 Å². The van der Waals surface area contributed by atoms with Gasteiger partial charge in [0.1, 0.15) is 5.76 Å². The van der Waals surface area contributed by atoms with Crippen LogP contribution in [-0.4, -0.2) is 48.7 Å². The molecule has 24 heavy (non-hydrogen) atoms. The first-order chi connectivity index (χ1) is 11.2. The average Bonchev–Trinajstić information content (AvgIpc) is 2.53. The number of aromatic hydroxyl groups is 1. The van der Waals surface area contributed by atoms with Gasteiger partial charge in [0.25, 0.3) is 5.91 Å². The van der Waals surface area contributed by atoms with Gasteiger partial charge in [-0.25, -0.2) is 0 Å². The van der Waals surface area contributed by atoms with Crippen LogP contribution in [0.1, 0.15) is 30.6 Å². The van der Waals surface area contributed by atoms with Crippen molar-refractivity contribution in [1.82, 2.24) is 4.90 Å². The molecular formula is C17H22N2O5. The van der Waals surface area contributed by atoms with Crippen molar-refractivity contribution in [3.8, 4) is 5.75 Å². The number of methoxy groups -OCH3 is 1. The molecule has 0 fully saturated rings. The van der Waals surface area contributed by atoms with Crippen LogP contribution in [-0.2, 0) is 14.3 Å². The topological polar surface area (TPSA) is 95.9 Å². The molecule has 0 bridgehead atoms. The van der Waals surface area contributed by atoms with Gasteiger partial charge < -0.3 is 20.1 Å². The number of phenolic OH excluding ortho intramolecular Hbond substituents is 1. The third kappa shape index (κ3) is 4.58. The Bertz CT molecular complexity index is 692. The maximum atomic E-state index is 12.0. The molecule has 1 amide bonds. The number of benzene rings is 1. The predicted octanol–water partition coefficient (Wildman–Crippen LogP) is 1.93. The number of nitrogens with one attached hydrogen (secondary N) is 1. The molecule has 0 saturated heterocycles. The van der Waals surface area contributed by atoms with Crippen LogP contribution in [0, 0.1) is 0 Å². The molecule has 0 aliphatic carbocycles. The summed E-state index contributed by atoms with van der Waals surface area (Å²) in [5.74, 6) is -1.40. The number of carbonyl (C=O) groups excluding carboxylic acids is 3. The minimum Gasteiger partial charge on any atom is -0.505 e. The molecule has 0 aliphatic heterocycles. The lowest BCUT2D eigenvalue weighted by Crippen LogP contribution is -2.22. The van der Waals surface area contributed by atoms with Gasteiger partial charge in [-0.3, -0.25) is 14.4 Å². The Morgan fingerprint density at radius 2 is 1.83 bits per heavy atom. The lowest BCUT2D eigenvalue weighted by atomic mass is 10.1. The Hall–Kier alpha value is -2.83. The van der Waals surface area contributed by atoms with Crippen LogP contribution >= 0.6 is 0 Å². The number of allylic oxidation sites excluding steroid dienone is 2.